The zero-order valence-corrected chi connectivity index (χ0v) is 4.22. The molecule has 0 saturated carbocycles. The molecule has 40 valence electrons. The minimum atomic E-state index is 0.576. The molecule has 7 heavy (non-hydrogen) atoms. The van der Waals surface area contributed by atoms with Crippen LogP contribution in [-0.2, 0) is 4.79 Å². The Bertz CT molecular complexity index is 64.1. The number of nitrogens with zero attached hydrogens (tertiary/aromatic N) is 1. The van der Waals surface area contributed by atoms with Crippen LogP contribution >= 0.6 is 0 Å². The predicted octanol–water partition coefficient (Wildman–Crippen LogP) is 0.0718. The quantitative estimate of drug-likeness (QED) is 0.304. The van der Waals surface area contributed by atoms with Gasteiger partial charge >= 0.3 is 0 Å². The van der Waals surface area contributed by atoms with Crippen molar-refractivity contribution in [3.8, 4) is 0 Å². The Hall–Kier alpha value is -0.860. The highest BCUT2D eigenvalue weighted by molar-refractivity contribution is 5.69. The topological polar surface area (TPSA) is 44.2 Å². The van der Waals surface area contributed by atoms with Crippen molar-refractivity contribution >= 4 is 12.7 Å². The SMILES string of the molecule is CCN(C=N)C=O. The molecule has 0 aromatic carbocycles. The molecule has 0 atom stereocenters. The summed E-state index contributed by atoms with van der Waals surface area (Å²) < 4.78 is 0. The van der Waals surface area contributed by atoms with Crippen molar-refractivity contribution in [3.05, 3.63) is 0 Å². The summed E-state index contributed by atoms with van der Waals surface area (Å²) in [5.41, 5.74) is 0. The van der Waals surface area contributed by atoms with Gasteiger partial charge in [-0.2, -0.15) is 0 Å². The molecule has 0 saturated heterocycles. The molecule has 1 amide bonds. The first-order valence-corrected chi connectivity index (χ1v) is 2.06. The van der Waals surface area contributed by atoms with Gasteiger partial charge in [-0.15, -0.1) is 0 Å². The van der Waals surface area contributed by atoms with Crippen molar-refractivity contribution < 1.29 is 4.79 Å². The van der Waals surface area contributed by atoms with Crippen LogP contribution in [0, 0.1) is 5.41 Å². The molecule has 0 radical (unpaired) electrons. The second-order valence-corrected chi connectivity index (χ2v) is 1.06. The van der Waals surface area contributed by atoms with E-state index in [0.29, 0.717) is 13.0 Å². The maximum Gasteiger partial charge on any atom is 0.214 e. The van der Waals surface area contributed by atoms with Gasteiger partial charge in [-0.05, 0) is 6.92 Å². The largest absolute Gasteiger partial charge is 0.306 e. The number of amides is 1. The van der Waals surface area contributed by atoms with E-state index < -0.39 is 0 Å². The first-order valence-electron chi connectivity index (χ1n) is 2.06. The number of hydrogen-bond acceptors (Lipinski definition) is 2. The third-order valence-electron chi connectivity index (χ3n) is 0.666. The Balaban J connectivity index is 3.36. The lowest BCUT2D eigenvalue weighted by Gasteiger charge is -2.02. The Kier molecular flexibility index (Phi) is 2.92. The number of carbonyl (C=O) groups excluding carboxylic acids is 1. The third kappa shape index (κ3) is 1.92. The van der Waals surface area contributed by atoms with Crippen molar-refractivity contribution in [2.45, 2.75) is 6.92 Å². The average molecular weight is 100 g/mol. The Morgan fingerprint density at radius 2 is 2.43 bits per heavy atom. The summed E-state index contributed by atoms with van der Waals surface area (Å²) in [6.07, 6.45) is 1.61. The van der Waals surface area contributed by atoms with Crippen molar-refractivity contribution in [2.24, 2.45) is 0 Å². The molecule has 3 heteroatoms. The fraction of sp³-hybridized carbons (Fsp3) is 0.500. The molecule has 1 N–H and O–H groups in total. The third-order valence-corrected chi connectivity index (χ3v) is 0.666. The minimum Gasteiger partial charge on any atom is -0.306 e. The maximum atomic E-state index is 9.74. The highest BCUT2D eigenvalue weighted by Gasteiger charge is 1.85. The van der Waals surface area contributed by atoms with Crippen molar-refractivity contribution in [1.29, 1.82) is 5.41 Å². The highest BCUT2D eigenvalue weighted by atomic mass is 16.1. The van der Waals surface area contributed by atoms with Gasteiger partial charge in [0.1, 0.15) is 0 Å². The van der Waals surface area contributed by atoms with Gasteiger partial charge in [0, 0.05) is 6.54 Å². The molecule has 0 aromatic rings. The standard InChI is InChI=1S/C4H8N2O/c1-2-6(3-5)4-7/h3-5H,2H2,1H3. The normalized spacial score (nSPS) is 7.57. The van der Waals surface area contributed by atoms with Gasteiger partial charge < -0.3 is 4.90 Å². The summed E-state index contributed by atoms with van der Waals surface area (Å²) >= 11 is 0. The van der Waals surface area contributed by atoms with Gasteiger partial charge in [0.25, 0.3) is 0 Å². The van der Waals surface area contributed by atoms with E-state index in [0.717, 1.165) is 6.34 Å². The minimum absolute atomic E-state index is 0.576. The van der Waals surface area contributed by atoms with E-state index in [4.69, 9.17) is 5.41 Å². The van der Waals surface area contributed by atoms with E-state index in [2.05, 4.69) is 0 Å². The lowest BCUT2D eigenvalue weighted by Crippen LogP contribution is -2.17. The van der Waals surface area contributed by atoms with Crippen LogP contribution in [0.4, 0.5) is 0 Å². The van der Waals surface area contributed by atoms with Crippen molar-refractivity contribution in [3.63, 3.8) is 0 Å². The molecular weight excluding hydrogens is 92.1 g/mol. The molecular formula is C4H8N2O. The van der Waals surface area contributed by atoms with E-state index in [1.807, 2.05) is 0 Å². The lowest BCUT2D eigenvalue weighted by atomic mass is 10.7. The van der Waals surface area contributed by atoms with Crippen LogP contribution in [-0.4, -0.2) is 24.2 Å². The molecule has 0 aliphatic carbocycles. The van der Waals surface area contributed by atoms with Crippen molar-refractivity contribution in [2.75, 3.05) is 6.54 Å². The molecule has 0 heterocycles. The first kappa shape index (κ1) is 6.14. The van der Waals surface area contributed by atoms with Gasteiger partial charge in [0.05, 0.1) is 6.34 Å². The van der Waals surface area contributed by atoms with Crippen LogP contribution in [0.2, 0.25) is 0 Å². The summed E-state index contributed by atoms with van der Waals surface area (Å²) in [7, 11) is 0. The molecule has 0 spiro atoms. The summed E-state index contributed by atoms with van der Waals surface area (Å²) in [6.45, 7) is 2.38. The second-order valence-electron chi connectivity index (χ2n) is 1.06. The van der Waals surface area contributed by atoms with Gasteiger partial charge in [0.2, 0.25) is 6.41 Å². The molecule has 0 aliphatic rings. The number of rotatable bonds is 3. The molecule has 3 nitrogen and oxygen atoms in total. The fourth-order valence-corrected chi connectivity index (χ4v) is 0.196. The Morgan fingerprint density at radius 1 is 1.86 bits per heavy atom. The number of carbonyl (C=O) groups is 1. The van der Waals surface area contributed by atoms with Gasteiger partial charge in [0.15, 0.2) is 0 Å². The van der Waals surface area contributed by atoms with Crippen molar-refractivity contribution in [1.82, 2.24) is 4.90 Å². The van der Waals surface area contributed by atoms with E-state index in [9.17, 15) is 4.79 Å². The number of hydrogen-bond donors (Lipinski definition) is 1. The zero-order valence-electron chi connectivity index (χ0n) is 4.22. The van der Waals surface area contributed by atoms with Crippen LogP contribution in [0.15, 0.2) is 0 Å². The predicted molar refractivity (Wildman–Crippen MR) is 27.2 cm³/mol. The Labute approximate surface area is 42.4 Å². The van der Waals surface area contributed by atoms with Gasteiger partial charge in [-0.3, -0.25) is 10.2 Å². The molecule has 0 fully saturated rings. The zero-order chi connectivity index (χ0) is 5.70. The highest BCUT2D eigenvalue weighted by Crippen LogP contribution is 1.69. The van der Waals surface area contributed by atoms with Crippen LogP contribution in [0.25, 0.3) is 0 Å². The van der Waals surface area contributed by atoms with Gasteiger partial charge in [-0.25, -0.2) is 0 Å². The van der Waals surface area contributed by atoms with Crippen LogP contribution in [0.5, 0.6) is 0 Å². The van der Waals surface area contributed by atoms with E-state index >= 15 is 0 Å². The first-order chi connectivity index (χ1) is 3.35. The smallest absolute Gasteiger partial charge is 0.214 e. The molecule has 0 bridgehead atoms. The van der Waals surface area contributed by atoms with E-state index in [1.54, 1.807) is 6.92 Å². The monoisotopic (exact) mass is 100 g/mol. The van der Waals surface area contributed by atoms with Crippen LogP contribution < -0.4 is 0 Å². The molecule has 0 rings (SSSR count). The maximum absolute atomic E-state index is 9.74. The molecule has 0 aromatic heterocycles. The molecule has 0 aliphatic heterocycles. The average Bonchev–Trinajstić information content (AvgIpc) is 1.72. The lowest BCUT2D eigenvalue weighted by molar-refractivity contribution is -0.114. The second kappa shape index (κ2) is 3.33. The summed E-state index contributed by atoms with van der Waals surface area (Å²) in [4.78, 5) is 11.0. The Morgan fingerprint density at radius 3 is 2.43 bits per heavy atom. The van der Waals surface area contributed by atoms with E-state index in [1.165, 1.54) is 4.90 Å². The van der Waals surface area contributed by atoms with Crippen LogP contribution in [0.1, 0.15) is 6.92 Å². The van der Waals surface area contributed by atoms with E-state index in [-0.39, 0.29) is 0 Å². The molecule has 0 unspecified atom stereocenters. The van der Waals surface area contributed by atoms with Gasteiger partial charge in [-0.1, -0.05) is 0 Å². The number of nitrogens with one attached hydrogen (secondary N) is 1. The summed E-state index contributed by atoms with van der Waals surface area (Å²) in [5, 5.41) is 6.53. The summed E-state index contributed by atoms with van der Waals surface area (Å²) in [6, 6.07) is 0. The van der Waals surface area contributed by atoms with Crippen LogP contribution in [0.3, 0.4) is 0 Å². The fourth-order valence-electron chi connectivity index (χ4n) is 0.196. The summed E-state index contributed by atoms with van der Waals surface area (Å²) in [5.74, 6) is 0.